The van der Waals surface area contributed by atoms with Crippen LogP contribution in [0.3, 0.4) is 0 Å². The van der Waals surface area contributed by atoms with Gasteiger partial charge in [0.15, 0.2) is 0 Å². The van der Waals surface area contributed by atoms with E-state index in [9.17, 15) is 19.5 Å². The number of aliphatic carboxylic acids is 1. The van der Waals surface area contributed by atoms with E-state index in [1.165, 1.54) is 0 Å². The molecule has 0 fully saturated rings. The van der Waals surface area contributed by atoms with Gasteiger partial charge in [-0.05, 0) is 12.5 Å². The van der Waals surface area contributed by atoms with Gasteiger partial charge in [-0.15, -0.1) is 0 Å². The average Bonchev–Trinajstić information content (AvgIpc) is 2.10. The Bertz CT molecular complexity index is 267. The molecule has 78 valence electrons. The number of hydrogen-bond acceptors (Lipinski definition) is 4. The van der Waals surface area contributed by atoms with Crippen LogP contribution in [0.2, 0.25) is 0 Å². The van der Waals surface area contributed by atoms with Crippen LogP contribution in [0.5, 0.6) is 0 Å². The van der Waals surface area contributed by atoms with Gasteiger partial charge in [-0.25, -0.2) is 0 Å². The van der Waals surface area contributed by atoms with Crippen LogP contribution in [0.1, 0.15) is 12.8 Å². The van der Waals surface area contributed by atoms with Crippen molar-refractivity contribution in [2.45, 2.75) is 18.9 Å². The van der Waals surface area contributed by atoms with E-state index in [1.807, 2.05) is 0 Å². The maximum atomic E-state index is 10.7. The molecule has 0 bridgehead atoms. The first-order chi connectivity index (χ1) is 6.47. The molecule has 0 aromatic rings. The Morgan fingerprint density at radius 3 is 2.33 bits per heavy atom. The van der Waals surface area contributed by atoms with Gasteiger partial charge in [-0.2, -0.15) is 0 Å². The summed E-state index contributed by atoms with van der Waals surface area (Å²) in [4.78, 5) is 31.5. The third kappa shape index (κ3) is 8.76. The van der Waals surface area contributed by atoms with E-state index < -0.39 is 23.8 Å². The van der Waals surface area contributed by atoms with Crippen molar-refractivity contribution in [3.05, 3.63) is 12.7 Å². The molecule has 15 heavy (non-hydrogen) atoms. The van der Waals surface area contributed by atoms with E-state index in [1.54, 1.807) is 0 Å². The van der Waals surface area contributed by atoms with Crippen LogP contribution in [0.15, 0.2) is 12.7 Å². The van der Waals surface area contributed by atoms with Gasteiger partial charge < -0.3 is 21.0 Å². The fourth-order valence-electron chi connectivity index (χ4n) is 0.766. The molecule has 0 rings (SSSR count). The molecule has 0 aliphatic carbocycles. The summed E-state index contributed by atoms with van der Waals surface area (Å²) in [5.74, 6) is -2.73. The van der Waals surface area contributed by atoms with Gasteiger partial charge >= 0.3 is 51.4 Å². The Hall–Kier alpha value is -0.214. The molecule has 0 radical (unpaired) electrons. The van der Waals surface area contributed by atoms with Crippen LogP contribution in [-0.2, 0) is 14.4 Å². The van der Waals surface area contributed by atoms with Gasteiger partial charge in [0, 0.05) is 6.42 Å². The molecule has 0 aliphatic rings. The summed E-state index contributed by atoms with van der Waals surface area (Å²) in [6, 6.07) is -1.21. The summed E-state index contributed by atoms with van der Waals surface area (Å²) in [7, 11) is 0. The Balaban J connectivity index is 0. The first kappa shape index (κ1) is 17.2. The van der Waals surface area contributed by atoms with E-state index in [2.05, 4.69) is 11.9 Å². The van der Waals surface area contributed by atoms with Gasteiger partial charge in [0.05, 0.1) is 12.0 Å². The van der Waals surface area contributed by atoms with Gasteiger partial charge in [-0.1, -0.05) is 6.58 Å². The Morgan fingerprint density at radius 2 is 2.00 bits per heavy atom. The zero-order chi connectivity index (χ0) is 11.1. The minimum Gasteiger partial charge on any atom is -0.548 e. The molecule has 0 spiro atoms. The first-order valence-corrected chi connectivity index (χ1v) is 3.89. The second-order valence-corrected chi connectivity index (χ2v) is 2.59. The number of carboxylic acid groups (broad SMARTS) is 1. The molecule has 6 nitrogen and oxygen atoms in total. The normalized spacial score (nSPS) is 10.7. The molecule has 0 aromatic carbocycles. The second-order valence-electron chi connectivity index (χ2n) is 2.59. The molecule has 3 N–H and O–H groups in total. The van der Waals surface area contributed by atoms with Crippen LogP contribution in [0.25, 0.3) is 0 Å². The fraction of sp³-hybridized carbons (Fsp3) is 0.375. The number of amides is 2. The molecule has 0 unspecified atom stereocenters. The Kier molecular flexibility index (Phi) is 10.4. The number of nitrogens with two attached hydrogens (primary N) is 1. The van der Waals surface area contributed by atoms with Crippen LogP contribution in [0, 0.1) is 0 Å². The van der Waals surface area contributed by atoms with Crippen molar-refractivity contribution in [3.8, 4) is 0 Å². The topological polar surface area (TPSA) is 112 Å². The minimum atomic E-state index is -1.46. The van der Waals surface area contributed by atoms with E-state index in [-0.39, 0.29) is 64.2 Å². The van der Waals surface area contributed by atoms with Crippen molar-refractivity contribution in [1.29, 1.82) is 0 Å². The molecule has 0 heterocycles. The third-order valence-corrected chi connectivity index (χ3v) is 1.47. The van der Waals surface area contributed by atoms with Crippen molar-refractivity contribution in [3.63, 3.8) is 0 Å². The number of carbonyl (C=O) groups is 3. The number of carbonyl (C=O) groups excluding carboxylic acids is 3. The molecule has 0 aromatic heterocycles. The Labute approximate surface area is 130 Å². The summed E-state index contributed by atoms with van der Waals surface area (Å²) >= 11 is 0. The van der Waals surface area contributed by atoms with Crippen LogP contribution in [-0.4, -0.2) is 23.8 Å². The molecular formula is C8H11KN2O4. The number of rotatable bonds is 6. The largest absolute Gasteiger partial charge is 1.00 e. The summed E-state index contributed by atoms with van der Waals surface area (Å²) in [6.45, 7) is 3.15. The smallest absolute Gasteiger partial charge is 0.548 e. The number of nitrogens with one attached hydrogen (secondary N) is 1. The molecule has 7 heteroatoms. The molecular weight excluding hydrogens is 227 g/mol. The third-order valence-electron chi connectivity index (χ3n) is 1.47. The van der Waals surface area contributed by atoms with Gasteiger partial charge in [0.1, 0.15) is 0 Å². The zero-order valence-corrected chi connectivity index (χ0v) is 11.6. The number of primary amides is 1. The quantitative estimate of drug-likeness (QED) is 0.355. The van der Waals surface area contributed by atoms with Crippen molar-refractivity contribution < 1.29 is 70.9 Å². The SMILES string of the molecule is C=CC(=O)N[C@@H](CCC(N)=O)C(=O)[O-].[K+]. The van der Waals surface area contributed by atoms with Crippen molar-refractivity contribution >= 4 is 17.8 Å². The average molecular weight is 238 g/mol. The monoisotopic (exact) mass is 238 g/mol. The molecule has 0 saturated heterocycles. The summed E-state index contributed by atoms with van der Waals surface area (Å²) in [6.07, 6.45) is 0.716. The summed E-state index contributed by atoms with van der Waals surface area (Å²) in [5, 5.41) is 12.5. The molecule has 0 saturated carbocycles. The van der Waals surface area contributed by atoms with E-state index in [0.29, 0.717) is 0 Å². The summed E-state index contributed by atoms with van der Waals surface area (Å²) < 4.78 is 0. The predicted molar refractivity (Wildman–Crippen MR) is 45.6 cm³/mol. The van der Waals surface area contributed by atoms with Crippen LogP contribution >= 0.6 is 0 Å². The zero-order valence-electron chi connectivity index (χ0n) is 8.49. The van der Waals surface area contributed by atoms with E-state index >= 15 is 0 Å². The number of hydrogen-bond donors (Lipinski definition) is 2. The molecule has 2 amide bonds. The predicted octanol–water partition coefficient (Wildman–Crippen LogP) is -5.32. The van der Waals surface area contributed by atoms with Crippen LogP contribution in [0.4, 0.5) is 0 Å². The molecule has 1 atom stereocenters. The van der Waals surface area contributed by atoms with Crippen LogP contribution < -0.4 is 67.5 Å². The fourth-order valence-corrected chi connectivity index (χ4v) is 0.766. The van der Waals surface area contributed by atoms with Gasteiger partial charge in [-0.3, -0.25) is 9.59 Å². The second kappa shape index (κ2) is 9.04. The molecule has 0 aliphatic heterocycles. The maximum Gasteiger partial charge on any atom is 1.00 e. The first-order valence-electron chi connectivity index (χ1n) is 3.89. The van der Waals surface area contributed by atoms with E-state index in [0.717, 1.165) is 6.08 Å². The van der Waals surface area contributed by atoms with Gasteiger partial charge in [0.2, 0.25) is 11.8 Å². The maximum absolute atomic E-state index is 10.7. The standard InChI is InChI=1S/C8H12N2O4.K/c1-2-7(12)10-5(8(13)14)3-4-6(9)11;/h2,5H,1,3-4H2,(H2,9,11)(H,10,12)(H,13,14);/q;+1/p-1/t5-;/m0./s1. The van der Waals surface area contributed by atoms with Crippen molar-refractivity contribution in [2.75, 3.05) is 0 Å². The number of carboxylic acids is 1. The van der Waals surface area contributed by atoms with Crippen molar-refractivity contribution in [1.82, 2.24) is 5.32 Å². The minimum absolute atomic E-state index is 0. The Morgan fingerprint density at radius 1 is 1.47 bits per heavy atom. The van der Waals surface area contributed by atoms with Crippen molar-refractivity contribution in [2.24, 2.45) is 5.73 Å². The van der Waals surface area contributed by atoms with Gasteiger partial charge in [0.25, 0.3) is 0 Å². The van der Waals surface area contributed by atoms with E-state index in [4.69, 9.17) is 5.73 Å². The summed E-state index contributed by atoms with van der Waals surface area (Å²) in [5.41, 5.74) is 4.82.